The van der Waals surface area contributed by atoms with Gasteiger partial charge in [-0.2, -0.15) is 0 Å². The van der Waals surface area contributed by atoms with Crippen LogP contribution in [0.5, 0.6) is 17.2 Å². The Kier molecular flexibility index (Phi) is 4.55. The van der Waals surface area contributed by atoms with Gasteiger partial charge in [-0.25, -0.2) is 0 Å². The van der Waals surface area contributed by atoms with Crippen LogP contribution in [0.15, 0.2) is 54.6 Å². The Morgan fingerprint density at radius 2 is 1.39 bits per heavy atom. The van der Waals surface area contributed by atoms with Crippen molar-refractivity contribution in [2.45, 2.75) is 13.1 Å². The second-order valence-corrected chi connectivity index (χ2v) is 7.83. The number of aromatic hydroxyl groups is 1. The number of hydrogen-bond donors (Lipinski definition) is 3. The van der Waals surface area contributed by atoms with Crippen LogP contribution in [0.4, 0.5) is 0 Å². The van der Waals surface area contributed by atoms with E-state index in [1.807, 2.05) is 6.07 Å². The van der Waals surface area contributed by atoms with Crippen molar-refractivity contribution in [3.05, 3.63) is 65.7 Å². The highest BCUT2D eigenvalue weighted by atomic mass is 16.7. The van der Waals surface area contributed by atoms with Crippen molar-refractivity contribution in [3.63, 3.8) is 0 Å². The van der Waals surface area contributed by atoms with Crippen molar-refractivity contribution in [2.75, 3.05) is 33.0 Å². The van der Waals surface area contributed by atoms with Gasteiger partial charge in [-0.05, 0) is 16.8 Å². The molecular weight excluding hydrogens is 352 g/mol. The highest BCUT2D eigenvalue weighted by Gasteiger charge is 2.26. The number of hydrogen-bond acceptors (Lipinski definition) is 3. The summed E-state index contributed by atoms with van der Waals surface area (Å²) in [6.45, 7) is 6.63. The number of quaternary nitrogens is 2. The van der Waals surface area contributed by atoms with E-state index in [-0.39, 0.29) is 6.79 Å². The number of benzene rings is 3. The SMILES string of the molecule is Oc1cc2c(cc1C[NH+]1CC[NH+](Cc3cccc4ccccc34)CC1)OCO2. The summed E-state index contributed by atoms with van der Waals surface area (Å²) < 4.78 is 10.8. The third-order valence-corrected chi connectivity index (χ3v) is 6.00. The number of phenols is 1. The Morgan fingerprint density at radius 1 is 0.750 bits per heavy atom. The molecule has 2 aliphatic rings. The Labute approximate surface area is 164 Å². The number of rotatable bonds is 4. The fourth-order valence-electron chi connectivity index (χ4n) is 4.41. The summed E-state index contributed by atoms with van der Waals surface area (Å²) in [7, 11) is 0. The molecule has 5 nitrogen and oxygen atoms in total. The van der Waals surface area contributed by atoms with Crippen molar-refractivity contribution in [1.29, 1.82) is 0 Å². The molecule has 3 aromatic carbocycles. The number of ether oxygens (including phenoxy) is 2. The summed E-state index contributed by atoms with van der Waals surface area (Å²) in [5.74, 6) is 1.69. The molecule has 0 aliphatic carbocycles. The van der Waals surface area contributed by atoms with Crippen LogP contribution in [0.2, 0.25) is 0 Å². The van der Waals surface area contributed by atoms with E-state index in [2.05, 4.69) is 42.5 Å². The van der Waals surface area contributed by atoms with Gasteiger partial charge in [0.05, 0.1) is 5.56 Å². The molecule has 0 atom stereocenters. The molecule has 0 unspecified atom stereocenters. The smallest absolute Gasteiger partial charge is 0.231 e. The van der Waals surface area contributed by atoms with E-state index in [4.69, 9.17) is 9.47 Å². The molecule has 28 heavy (non-hydrogen) atoms. The van der Waals surface area contributed by atoms with Gasteiger partial charge in [0.2, 0.25) is 6.79 Å². The highest BCUT2D eigenvalue weighted by Crippen LogP contribution is 2.37. The third-order valence-electron chi connectivity index (χ3n) is 6.00. The fourth-order valence-corrected chi connectivity index (χ4v) is 4.41. The minimum absolute atomic E-state index is 0.237. The van der Waals surface area contributed by atoms with Gasteiger partial charge in [0.15, 0.2) is 11.5 Å². The first-order valence-corrected chi connectivity index (χ1v) is 10.0. The molecule has 3 N–H and O–H groups in total. The molecule has 5 rings (SSSR count). The van der Waals surface area contributed by atoms with Crippen LogP contribution >= 0.6 is 0 Å². The van der Waals surface area contributed by atoms with Gasteiger partial charge in [0.25, 0.3) is 0 Å². The Bertz CT molecular complexity index is 991. The van der Waals surface area contributed by atoms with E-state index in [0.717, 1.165) is 50.6 Å². The van der Waals surface area contributed by atoms with Crippen molar-refractivity contribution in [2.24, 2.45) is 0 Å². The molecule has 0 amide bonds. The largest absolute Gasteiger partial charge is 0.507 e. The minimum Gasteiger partial charge on any atom is -0.507 e. The average Bonchev–Trinajstić information content (AvgIpc) is 3.17. The van der Waals surface area contributed by atoms with Crippen LogP contribution in [0.25, 0.3) is 10.8 Å². The van der Waals surface area contributed by atoms with Gasteiger partial charge in [0, 0.05) is 11.6 Å². The van der Waals surface area contributed by atoms with Crippen LogP contribution in [0.1, 0.15) is 11.1 Å². The molecule has 1 saturated heterocycles. The van der Waals surface area contributed by atoms with Crippen molar-refractivity contribution >= 4 is 10.8 Å². The summed E-state index contributed by atoms with van der Waals surface area (Å²) >= 11 is 0. The first-order valence-electron chi connectivity index (χ1n) is 10.0. The monoisotopic (exact) mass is 378 g/mol. The topological polar surface area (TPSA) is 47.6 Å². The Morgan fingerprint density at radius 3 is 2.18 bits per heavy atom. The van der Waals surface area contributed by atoms with Gasteiger partial charge in [-0.3, -0.25) is 0 Å². The number of phenolic OH excluding ortho intramolecular Hbond substituents is 1. The maximum absolute atomic E-state index is 10.3. The lowest BCUT2D eigenvalue weighted by Gasteiger charge is -2.30. The maximum Gasteiger partial charge on any atom is 0.231 e. The van der Waals surface area contributed by atoms with E-state index in [0.29, 0.717) is 11.5 Å². The zero-order valence-electron chi connectivity index (χ0n) is 15.9. The molecule has 5 heteroatoms. The molecule has 3 aromatic rings. The van der Waals surface area contributed by atoms with Crippen LogP contribution < -0.4 is 19.3 Å². The Hall–Kier alpha value is -2.76. The average molecular weight is 378 g/mol. The van der Waals surface area contributed by atoms with Crippen LogP contribution in [0.3, 0.4) is 0 Å². The van der Waals surface area contributed by atoms with E-state index in [1.165, 1.54) is 21.2 Å². The van der Waals surface area contributed by atoms with E-state index in [1.54, 1.807) is 11.0 Å². The Balaban J connectivity index is 1.22. The van der Waals surface area contributed by atoms with Crippen LogP contribution in [-0.2, 0) is 13.1 Å². The molecule has 0 saturated carbocycles. The van der Waals surface area contributed by atoms with Crippen molar-refractivity contribution < 1.29 is 24.4 Å². The number of nitrogens with one attached hydrogen (secondary N) is 2. The molecule has 0 aromatic heterocycles. The van der Waals surface area contributed by atoms with Gasteiger partial charge in [0.1, 0.15) is 45.0 Å². The summed E-state index contributed by atoms with van der Waals surface area (Å²) in [6, 6.07) is 18.9. The predicted octanol–water partition coefficient (Wildman–Crippen LogP) is 0.758. The van der Waals surface area contributed by atoms with Crippen molar-refractivity contribution in [1.82, 2.24) is 0 Å². The lowest BCUT2D eigenvalue weighted by molar-refractivity contribution is -1.02. The zero-order chi connectivity index (χ0) is 18.9. The summed E-state index contributed by atoms with van der Waals surface area (Å²) in [5.41, 5.74) is 2.38. The third kappa shape index (κ3) is 3.39. The maximum atomic E-state index is 10.3. The predicted molar refractivity (Wildman–Crippen MR) is 107 cm³/mol. The standard InChI is InChI=1S/C23H24N2O3/c26-21-13-23-22(27-16-28-23)12-19(21)15-25-10-8-24(9-11-25)14-18-6-3-5-17-4-1-2-7-20(17)18/h1-7,12-13,26H,8-11,14-16H2/p+2. The molecule has 2 heterocycles. The molecule has 0 radical (unpaired) electrons. The lowest BCUT2D eigenvalue weighted by Crippen LogP contribution is -3.27. The zero-order valence-corrected chi connectivity index (χ0v) is 15.9. The van der Waals surface area contributed by atoms with E-state index >= 15 is 0 Å². The first-order chi connectivity index (χ1) is 13.8. The van der Waals surface area contributed by atoms with E-state index < -0.39 is 0 Å². The van der Waals surface area contributed by atoms with Gasteiger partial charge in [-0.15, -0.1) is 0 Å². The molecule has 0 bridgehead atoms. The minimum atomic E-state index is 0.237. The molecule has 2 aliphatic heterocycles. The van der Waals surface area contributed by atoms with E-state index in [9.17, 15) is 5.11 Å². The number of fused-ring (bicyclic) bond motifs is 2. The summed E-state index contributed by atoms with van der Waals surface area (Å²) in [6.07, 6.45) is 0. The molecule has 1 fully saturated rings. The second-order valence-electron chi connectivity index (χ2n) is 7.83. The second kappa shape index (κ2) is 7.34. The molecule has 0 spiro atoms. The highest BCUT2D eigenvalue weighted by molar-refractivity contribution is 5.85. The fraction of sp³-hybridized carbons (Fsp3) is 0.304. The van der Waals surface area contributed by atoms with Crippen molar-refractivity contribution in [3.8, 4) is 17.2 Å². The first kappa shape index (κ1) is 17.3. The van der Waals surface area contributed by atoms with Gasteiger partial charge in [-0.1, -0.05) is 42.5 Å². The molecule has 144 valence electrons. The summed E-state index contributed by atoms with van der Waals surface area (Å²) in [4.78, 5) is 3.14. The molecular formula is C23H26N2O3+2. The normalized spacial score (nSPS) is 21.1. The van der Waals surface area contributed by atoms with Gasteiger partial charge >= 0.3 is 0 Å². The van der Waals surface area contributed by atoms with Crippen LogP contribution in [0, 0.1) is 0 Å². The van der Waals surface area contributed by atoms with Gasteiger partial charge < -0.3 is 24.4 Å². The summed E-state index contributed by atoms with van der Waals surface area (Å²) in [5, 5.41) is 13.0. The van der Waals surface area contributed by atoms with Crippen LogP contribution in [-0.4, -0.2) is 38.1 Å². The quantitative estimate of drug-likeness (QED) is 0.628. The number of piperazine rings is 1. The lowest BCUT2D eigenvalue weighted by atomic mass is 10.0.